The van der Waals surface area contributed by atoms with Gasteiger partial charge in [-0.15, -0.1) is 0 Å². The molecule has 0 aromatic rings. The molecule has 2 atom stereocenters. The molecule has 0 saturated heterocycles. The number of nitrogens with zero attached hydrogens (tertiary/aromatic N) is 1. The third-order valence-electron chi connectivity index (χ3n) is 2.98. The lowest BCUT2D eigenvalue weighted by molar-refractivity contribution is -0.126. The summed E-state index contributed by atoms with van der Waals surface area (Å²) in [6, 6.07) is 0. The van der Waals surface area contributed by atoms with Gasteiger partial charge in [0.2, 0.25) is 5.78 Å². The summed E-state index contributed by atoms with van der Waals surface area (Å²) in [5.41, 5.74) is 0.957. The largest absolute Gasteiger partial charge is 0.381 e. The molecular weight excluding hydrogens is 270 g/mol. The summed E-state index contributed by atoms with van der Waals surface area (Å²) in [4.78, 5) is 23.9. The Morgan fingerprint density at radius 2 is 1.94 bits per heavy atom. The summed E-state index contributed by atoms with van der Waals surface area (Å²) in [6.45, 7) is 0. The van der Waals surface area contributed by atoms with Gasteiger partial charge in [0.25, 0.3) is 0 Å². The van der Waals surface area contributed by atoms with Gasteiger partial charge in [0.15, 0.2) is 6.29 Å². The van der Waals surface area contributed by atoms with Crippen molar-refractivity contribution in [3.05, 3.63) is 11.8 Å². The van der Waals surface area contributed by atoms with E-state index < -0.39 is 5.78 Å². The molecule has 0 radical (unpaired) electrons. The van der Waals surface area contributed by atoms with Crippen LogP contribution in [0, 0.1) is 5.92 Å². The SMILES string of the molecule is CN(C)C(=CC(=O)C=O)C1CCCCC1Br. The molecule has 1 aliphatic carbocycles. The highest BCUT2D eigenvalue weighted by molar-refractivity contribution is 9.09. The predicted octanol–water partition coefficient (Wildman–Crippen LogP) is 2.15. The number of carbonyl (C=O) groups is 2. The molecule has 0 aliphatic heterocycles. The Bertz CT molecular complexity index is 299. The van der Waals surface area contributed by atoms with Gasteiger partial charge in [0, 0.05) is 36.6 Å². The zero-order valence-electron chi connectivity index (χ0n) is 9.78. The monoisotopic (exact) mass is 287 g/mol. The molecule has 3 nitrogen and oxygen atoms in total. The second kappa shape index (κ2) is 6.18. The standard InChI is InChI=1S/C12H18BrNO2/c1-14(2)12(7-9(16)8-15)10-5-3-4-6-11(10)13/h7-8,10-11H,3-6H2,1-2H3. The summed E-state index contributed by atoms with van der Waals surface area (Å²) in [7, 11) is 3.83. The highest BCUT2D eigenvalue weighted by Gasteiger charge is 2.27. The molecule has 0 spiro atoms. The van der Waals surface area contributed by atoms with E-state index in [2.05, 4.69) is 15.9 Å². The molecule has 1 saturated carbocycles. The molecule has 1 aliphatic rings. The first-order valence-corrected chi connectivity index (χ1v) is 6.50. The number of ketones is 1. The van der Waals surface area contributed by atoms with E-state index in [0.717, 1.165) is 18.5 Å². The van der Waals surface area contributed by atoms with Crippen LogP contribution >= 0.6 is 15.9 Å². The van der Waals surface area contributed by atoms with Crippen LogP contribution in [-0.4, -0.2) is 35.9 Å². The molecule has 16 heavy (non-hydrogen) atoms. The van der Waals surface area contributed by atoms with Gasteiger partial charge < -0.3 is 4.90 Å². The number of hydrogen-bond acceptors (Lipinski definition) is 3. The molecule has 0 bridgehead atoms. The number of aldehydes is 1. The molecule has 0 amide bonds. The van der Waals surface area contributed by atoms with Crippen LogP contribution in [-0.2, 0) is 9.59 Å². The van der Waals surface area contributed by atoms with Crippen LogP contribution in [0.2, 0.25) is 0 Å². The molecule has 0 heterocycles. The van der Waals surface area contributed by atoms with Gasteiger partial charge in [-0.2, -0.15) is 0 Å². The maximum absolute atomic E-state index is 11.2. The summed E-state index contributed by atoms with van der Waals surface area (Å²) in [6.07, 6.45) is 6.46. The summed E-state index contributed by atoms with van der Waals surface area (Å²) >= 11 is 3.67. The third kappa shape index (κ3) is 3.44. The second-order valence-corrected chi connectivity index (χ2v) is 5.57. The van der Waals surface area contributed by atoms with E-state index in [1.807, 2.05) is 19.0 Å². The van der Waals surface area contributed by atoms with E-state index in [-0.39, 0.29) is 0 Å². The number of hydrogen-bond donors (Lipinski definition) is 0. The van der Waals surface area contributed by atoms with Crippen molar-refractivity contribution in [2.75, 3.05) is 14.1 Å². The maximum Gasteiger partial charge on any atom is 0.219 e. The Hall–Kier alpha value is -0.640. The lowest BCUT2D eigenvalue weighted by atomic mass is 9.86. The number of halogens is 1. The van der Waals surface area contributed by atoms with E-state index in [1.54, 1.807) is 0 Å². The van der Waals surface area contributed by atoms with Crippen LogP contribution in [0.3, 0.4) is 0 Å². The van der Waals surface area contributed by atoms with Gasteiger partial charge in [-0.05, 0) is 12.8 Å². The van der Waals surface area contributed by atoms with Gasteiger partial charge in [-0.1, -0.05) is 28.8 Å². The fourth-order valence-corrected chi connectivity index (χ4v) is 3.03. The normalized spacial score (nSPS) is 26.3. The summed E-state index contributed by atoms with van der Waals surface area (Å²) in [5, 5.41) is 0. The molecule has 0 aromatic heterocycles. The minimum Gasteiger partial charge on any atom is -0.381 e. The van der Waals surface area contributed by atoms with Gasteiger partial charge in [-0.3, -0.25) is 9.59 Å². The molecule has 4 heteroatoms. The maximum atomic E-state index is 11.2. The van der Waals surface area contributed by atoms with Crippen molar-refractivity contribution in [2.45, 2.75) is 30.5 Å². The third-order valence-corrected chi connectivity index (χ3v) is 4.08. The minimum atomic E-state index is -0.450. The van der Waals surface area contributed by atoms with Crippen LogP contribution in [0.5, 0.6) is 0 Å². The minimum absolute atomic E-state index is 0.340. The highest BCUT2D eigenvalue weighted by atomic mass is 79.9. The van der Waals surface area contributed by atoms with E-state index >= 15 is 0 Å². The van der Waals surface area contributed by atoms with Crippen LogP contribution in [0.4, 0.5) is 0 Å². The molecule has 1 rings (SSSR count). The van der Waals surface area contributed by atoms with E-state index in [4.69, 9.17) is 0 Å². The zero-order valence-corrected chi connectivity index (χ0v) is 11.4. The summed E-state index contributed by atoms with van der Waals surface area (Å²) < 4.78 is 0. The Labute approximate surface area is 105 Å². The first-order chi connectivity index (χ1) is 7.56. The first-order valence-electron chi connectivity index (χ1n) is 5.58. The van der Waals surface area contributed by atoms with Gasteiger partial charge >= 0.3 is 0 Å². The van der Waals surface area contributed by atoms with Crippen molar-refractivity contribution < 1.29 is 9.59 Å². The topological polar surface area (TPSA) is 37.4 Å². The molecule has 2 unspecified atom stereocenters. The van der Waals surface area contributed by atoms with Crippen molar-refractivity contribution in [1.82, 2.24) is 4.90 Å². The Morgan fingerprint density at radius 3 is 2.44 bits per heavy atom. The van der Waals surface area contributed by atoms with Crippen molar-refractivity contribution >= 4 is 28.0 Å². The van der Waals surface area contributed by atoms with Crippen LogP contribution in [0.15, 0.2) is 11.8 Å². The number of alkyl halides is 1. The van der Waals surface area contributed by atoms with Gasteiger partial charge in [0.05, 0.1) is 0 Å². The van der Waals surface area contributed by atoms with E-state index in [1.165, 1.54) is 18.9 Å². The average Bonchev–Trinajstić information content (AvgIpc) is 2.26. The van der Waals surface area contributed by atoms with Crippen molar-refractivity contribution in [3.8, 4) is 0 Å². The van der Waals surface area contributed by atoms with Crippen LogP contribution < -0.4 is 0 Å². The number of allylic oxidation sites excluding steroid dienone is 2. The van der Waals surface area contributed by atoms with Gasteiger partial charge in [0.1, 0.15) is 0 Å². The fraction of sp³-hybridized carbons (Fsp3) is 0.667. The Morgan fingerprint density at radius 1 is 1.31 bits per heavy atom. The fourth-order valence-electron chi connectivity index (χ4n) is 2.17. The predicted molar refractivity (Wildman–Crippen MR) is 67.5 cm³/mol. The van der Waals surface area contributed by atoms with Crippen LogP contribution in [0.1, 0.15) is 25.7 Å². The molecule has 1 fully saturated rings. The molecule has 0 aromatic carbocycles. The smallest absolute Gasteiger partial charge is 0.219 e. The van der Waals surface area contributed by atoms with Crippen molar-refractivity contribution in [1.29, 1.82) is 0 Å². The first kappa shape index (κ1) is 13.4. The van der Waals surface area contributed by atoms with Crippen molar-refractivity contribution in [3.63, 3.8) is 0 Å². The lowest BCUT2D eigenvalue weighted by Crippen LogP contribution is -2.29. The Kier molecular flexibility index (Phi) is 5.19. The quantitative estimate of drug-likeness (QED) is 0.344. The number of carbonyl (C=O) groups excluding carboxylic acids is 2. The van der Waals surface area contributed by atoms with Crippen molar-refractivity contribution in [2.24, 2.45) is 5.92 Å². The molecule has 0 N–H and O–H groups in total. The second-order valence-electron chi connectivity index (χ2n) is 4.39. The zero-order chi connectivity index (χ0) is 12.1. The van der Waals surface area contributed by atoms with Crippen LogP contribution in [0.25, 0.3) is 0 Å². The Balaban J connectivity index is 2.87. The number of rotatable bonds is 4. The van der Waals surface area contributed by atoms with E-state index in [9.17, 15) is 9.59 Å². The highest BCUT2D eigenvalue weighted by Crippen LogP contribution is 2.35. The summed E-state index contributed by atoms with van der Waals surface area (Å²) in [5.74, 6) is -0.110. The molecular formula is C12H18BrNO2. The van der Waals surface area contributed by atoms with E-state index in [0.29, 0.717) is 17.0 Å². The average molecular weight is 288 g/mol. The lowest BCUT2D eigenvalue weighted by Gasteiger charge is -2.33. The molecule has 90 valence electrons. The van der Waals surface area contributed by atoms with Gasteiger partial charge in [-0.25, -0.2) is 0 Å².